The molecule has 0 N–H and O–H groups in total. The monoisotopic (exact) mass is 255 g/mol. The van der Waals surface area contributed by atoms with Crippen LogP contribution < -0.4 is 0 Å². The van der Waals surface area contributed by atoms with Crippen LogP contribution in [0.15, 0.2) is 42.6 Å². The highest BCUT2D eigenvalue weighted by Gasteiger charge is 2.32. The summed E-state index contributed by atoms with van der Waals surface area (Å²) in [4.78, 5) is 15.8. The summed E-state index contributed by atoms with van der Waals surface area (Å²) in [6, 6.07) is 11.6. The van der Waals surface area contributed by atoms with Crippen LogP contribution in [0.3, 0.4) is 0 Å². The molecule has 0 amide bonds. The lowest BCUT2D eigenvalue weighted by atomic mass is 10.1. The van der Waals surface area contributed by atoms with Crippen molar-refractivity contribution in [2.75, 3.05) is 0 Å². The minimum atomic E-state index is -0.635. The van der Waals surface area contributed by atoms with Gasteiger partial charge in [-0.3, -0.25) is 4.98 Å². The predicted molar refractivity (Wildman–Crippen MR) is 68.4 cm³/mol. The SMILES string of the molecule is Cc1cc2c(cn1)C(=O)OC2OCc1ccccc1. The summed E-state index contributed by atoms with van der Waals surface area (Å²) in [6.45, 7) is 2.27. The summed E-state index contributed by atoms with van der Waals surface area (Å²) < 4.78 is 10.9. The molecule has 4 heteroatoms. The number of nitrogens with zero attached hydrogens (tertiary/aromatic N) is 1. The quantitative estimate of drug-likeness (QED) is 0.791. The molecule has 4 nitrogen and oxygen atoms in total. The minimum Gasteiger partial charge on any atom is -0.428 e. The van der Waals surface area contributed by atoms with E-state index in [9.17, 15) is 4.79 Å². The van der Waals surface area contributed by atoms with Crippen molar-refractivity contribution in [1.29, 1.82) is 0 Å². The van der Waals surface area contributed by atoms with Gasteiger partial charge in [-0.25, -0.2) is 4.79 Å². The van der Waals surface area contributed by atoms with Crippen molar-refractivity contribution in [3.8, 4) is 0 Å². The van der Waals surface area contributed by atoms with Crippen molar-refractivity contribution in [2.24, 2.45) is 0 Å². The van der Waals surface area contributed by atoms with E-state index in [2.05, 4.69) is 4.98 Å². The minimum absolute atomic E-state index is 0.374. The Morgan fingerprint density at radius 3 is 2.89 bits per heavy atom. The standard InChI is InChI=1S/C15H13NO3/c1-10-7-12-13(8-16-10)14(17)19-15(12)18-9-11-5-3-2-4-6-11/h2-8,15H,9H2,1H3. The first-order chi connectivity index (χ1) is 9.24. The van der Waals surface area contributed by atoms with Gasteiger partial charge in [0.1, 0.15) is 0 Å². The molecule has 0 spiro atoms. The van der Waals surface area contributed by atoms with Crippen LogP contribution >= 0.6 is 0 Å². The van der Waals surface area contributed by atoms with Crippen LogP contribution in [-0.2, 0) is 16.1 Å². The average molecular weight is 255 g/mol. The molecule has 1 aliphatic rings. The van der Waals surface area contributed by atoms with E-state index in [-0.39, 0.29) is 5.97 Å². The van der Waals surface area contributed by atoms with Crippen molar-refractivity contribution < 1.29 is 14.3 Å². The van der Waals surface area contributed by atoms with E-state index in [4.69, 9.17) is 9.47 Å². The van der Waals surface area contributed by atoms with Crippen LogP contribution in [0.4, 0.5) is 0 Å². The van der Waals surface area contributed by atoms with Crippen LogP contribution in [0, 0.1) is 6.92 Å². The molecule has 2 aromatic rings. The van der Waals surface area contributed by atoms with Gasteiger partial charge in [-0.15, -0.1) is 0 Å². The number of hydrogen-bond donors (Lipinski definition) is 0. The molecule has 0 aliphatic carbocycles. The molecular weight excluding hydrogens is 242 g/mol. The summed E-state index contributed by atoms with van der Waals surface area (Å²) in [5, 5.41) is 0. The van der Waals surface area contributed by atoms with Crippen LogP contribution in [0.1, 0.15) is 33.5 Å². The topological polar surface area (TPSA) is 48.4 Å². The van der Waals surface area contributed by atoms with Crippen LogP contribution in [0.5, 0.6) is 0 Å². The zero-order valence-electron chi connectivity index (χ0n) is 10.5. The van der Waals surface area contributed by atoms with Crippen molar-refractivity contribution in [1.82, 2.24) is 4.98 Å². The number of carbonyl (C=O) groups is 1. The second kappa shape index (κ2) is 4.82. The Morgan fingerprint density at radius 2 is 2.11 bits per heavy atom. The number of cyclic esters (lactones) is 1. The first kappa shape index (κ1) is 11.9. The third kappa shape index (κ3) is 2.35. The summed E-state index contributed by atoms with van der Waals surface area (Å²) in [5.41, 5.74) is 3.13. The number of carbonyl (C=O) groups excluding carboxylic acids is 1. The van der Waals surface area contributed by atoms with E-state index in [1.165, 1.54) is 0 Å². The molecule has 2 heterocycles. The number of aromatic nitrogens is 1. The lowest BCUT2D eigenvalue weighted by molar-refractivity contribution is -0.111. The Hall–Kier alpha value is -2.20. The molecule has 1 aromatic heterocycles. The van der Waals surface area contributed by atoms with Gasteiger partial charge < -0.3 is 9.47 Å². The number of benzene rings is 1. The molecule has 19 heavy (non-hydrogen) atoms. The first-order valence-corrected chi connectivity index (χ1v) is 6.07. The van der Waals surface area contributed by atoms with Crippen molar-refractivity contribution >= 4 is 5.97 Å². The fourth-order valence-corrected chi connectivity index (χ4v) is 2.04. The maximum absolute atomic E-state index is 11.7. The number of pyridine rings is 1. The number of aryl methyl sites for hydroxylation is 1. The van der Waals surface area contributed by atoms with Gasteiger partial charge in [-0.05, 0) is 18.6 Å². The molecule has 3 rings (SSSR count). The summed E-state index contributed by atoms with van der Waals surface area (Å²) >= 11 is 0. The molecule has 0 saturated heterocycles. The Kier molecular flexibility index (Phi) is 3.01. The van der Waals surface area contributed by atoms with E-state index in [0.717, 1.165) is 16.8 Å². The fourth-order valence-electron chi connectivity index (χ4n) is 2.04. The Bertz CT molecular complexity index is 610. The molecule has 0 saturated carbocycles. The van der Waals surface area contributed by atoms with Gasteiger partial charge in [-0.1, -0.05) is 30.3 Å². The lowest BCUT2D eigenvalue weighted by Gasteiger charge is -2.12. The van der Waals surface area contributed by atoms with Gasteiger partial charge in [-0.2, -0.15) is 0 Å². The molecule has 96 valence electrons. The van der Waals surface area contributed by atoms with Crippen LogP contribution in [0.2, 0.25) is 0 Å². The normalized spacial score (nSPS) is 17.1. The maximum atomic E-state index is 11.7. The zero-order chi connectivity index (χ0) is 13.2. The van der Waals surface area contributed by atoms with Crippen LogP contribution in [0.25, 0.3) is 0 Å². The number of ether oxygens (including phenoxy) is 2. The van der Waals surface area contributed by atoms with Gasteiger partial charge in [0.25, 0.3) is 0 Å². The number of rotatable bonds is 3. The maximum Gasteiger partial charge on any atom is 0.342 e. The highest BCUT2D eigenvalue weighted by molar-refractivity contribution is 5.93. The third-order valence-corrected chi connectivity index (χ3v) is 3.00. The number of hydrogen-bond acceptors (Lipinski definition) is 4. The van der Waals surface area contributed by atoms with E-state index in [1.807, 2.05) is 43.3 Å². The molecule has 1 atom stereocenters. The van der Waals surface area contributed by atoms with E-state index in [1.54, 1.807) is 6.20 Å². The van der Waals surface area contributed by atoms with E-state index in [0.29, 0.717) is 12.2 Å². The van der Waals surface area contributed by atoms with Gasteiger partial charge in [0.2, 0.25) is 6.29 Å². The Balaban J connectivity index is 1.78. The predicted octanol–water partition coefficient (Wildman–Crippen LogP) is 2.78. The molecular formula is C15H13NO3. The molecule has 1 aliphatic heterocycles. The summed E-state index contributed by atoms with van der Waals surface area (Å²) in [7, 11) is 0. The molecule has 0 bridgehead atoms. The van der Waals surface area contributed by atoms with Crippen molar-refractivity contribution in [2.45, 2.75) is 19.8 Å². The van der Waals surface area contributed by atoms with Gasteiger partial charge in [0.15, 0.2) is 0 Å². The zero-order valence-corrected chi connectivity index (χ0v) is 10.5. The summed E-state index contributed by atoms with van der Waals surface area (Å²) in [5.74, 6) is -0.374. The van der Waals surface area contributed by atoms with Gasteiger partial charge >= 0.3 is 5.97 Å². The molecule has 0 fully saturated rings. The van der Waals surface area contributed by atoms with Crippen LogP contribution in [-0.4, -0.2) is 11.0 Å². The van der Waals surface area contributed by atoms with Crippen molar-refractivity contribution in [3.63, 3.8) is 0 Å². The Labute approximate surface area is 111 Å². The third-order valence-electron chi connectivity index (χ3n) is 3.00. The van der Waals surface area contributed by atoms with E-state index < -0.39 is 6.29 Å². The number of esters is 1. The average Bonchev–Trinajstić information content (AvgIpc) is 2.74. The molecule has 1 unspecified atom stereocenters. The summed E-state index contributed by atoms with van der Waals surface area (Å²) in [6.07, 6.45) is 0.906. The fraction of sp³-hybridized carbons (Fsp3) is 0.200. The Morgan fingerprint density at radius 1 is 1.32 bits per heavy atom. The number of fused-ring (bicyclic) bond motifs is 1. The smallest absolute Gasteiger partial charge is 0.342 e. The molecule has 1 aromatic carbocycles. The lowest BCUT2D eigenvalue weighted by Crippen LogP contribution is -2.04. The second-order valence-corrected chi connectivity index (χ2v) is 4.45. The highest BCUT2D eigenvalue weighted by Crippen LogP contribution is 2.32. The van der Waals surface area contributed by atoms with E-state index >= 15 is 0 Å². The first-order valence-electron chi connectivity index (χ1n) is 6.07. The highest BCUT2D eigenvalue weighted by atomic mass is 16.7. The second-order valence-electron chi connectivity index (χ2n) is 4.45. The van der Waals surface area contributed by atoms with Gasteiger partial charge in [0, 0.05) is 17.5 Å². The van der Waals surface area contributed by atoms with Crippen molar-refractivity contribution in [3.05, 3.63) is 65.0 Å². The van der Waals surface area contributed by atoms with Gasteiger partial charge in [0.05, 0.1) is 12.2 Å². The largest absolute Gasteiger partial charge is 0.428 e. The molecule has 0 radical (unpaired) electrons.